The molecule has 1 aliphatic heterocycles. The van der Waals surface area contributed by atoms with E-state index in [1.54, 1.807) is 0 Å². The summed E-state index contributed by atoms with van der Waals surface area (Å²) >= 11 is 0. The van der Waals surface area contributed by atoms with Crippen LogP contribution in [0.1, 0.15) is 46.0 Å². The third-order valence-electron chi connectivity index (χ3n) is 3.67. The van der Waals surface area contributed by atoms with E-state index in [2.05, 4.69) is 24.7 Å². The second-order valence-corrected chi connectivity index (χ2v) is 5.07. The molecule has 0 saturated carbocycles. The molecule has 1 rings (SSSR count). The van der Waals surface area contributed by atoms with Gasteiger partial charge in [-0.25, -0.2) is 0 Å². The van der Waals surface area contributed by atoms with Crippen molar-refractivity contribution in [3.8, 4) is 12.3 Å². The van der Waals surface area contributed by atoms with Gasteiger partial charge in [0.2, 0.25) is 0 Å². The van der Waals surface area contributed by atoms with Crippen molar-refractivity contribution in [3.63, 3.8) is 0 Å². The Labute approximate surface area is 94.2 Å². The molecule has 0 aromatic heterocycles. The van der Waals surface area contributed by atoms with Crippen molar-refractivity contribution in [1.82, 2.24) is 4.90 Å². The molecule has 0 amide bonds. The van der Waals surface area contributed by atoms with E-state index in [1.807, 2.05) is 0 Å². The Morgan fingerprint density at radius 3 is 2.27 bits per heavy atom. The van der Waals surface area contributed by atoms with Crippen molar-refractivity contribution in [1.29, 1.82) is 0 Å². The van der Waals surface area contributed by atoms with Gasteiger partial charge in [0.15, 0.2) is 0 Å². The summed E-state index contributed by atoms with van der Waals surface area (Å²) in [6.45, 7) is 6.79. The van der Waals surface area contributed by atoms with E-state index in [1.165, 1.54) is 38.8 Å². The van der Waals surface area contributed by atoms with E-state index in [0.29, 0.717) is 6.42 Å². The van der Waals surface area contributed by atoms with E-state index >= 15 is 0 Å². The lowest BCUT2D eigenvalue weighted by molar-refractivity contribution is 0.0995. The number of terminal acetylenes is 1. The Kier molecular flexibility index (Phi) is 4.63. The molecule has 1 unspecified atom stereocenters. The van der Waals surface area contributed by atoms with Crippen molar-refractivity contribution >= 4 is 0 Å². The Balaban J connectivity index is 2.61. The van der Waals surface area contributed by atoms with Crippen LogP contribution in [0.3, 0.4) is 0 Å². The highest BCUT2D eigenvalue weighted by Gasteiger charge is 2.32. The first-order valence-electron chi connectivity index (χ1n) is 6.03. The van der Waals surface area contributed by atoms with Gasteiger partial charge in [0.05, 0.1) is 0 Å². The molecule has 0 aliphatic carbocycles. The summed E-state index contributed by atoms with van der Waals surface area (Å²) in [5, 5.41) is 0. The summed E-state index contributed by atoms with van der Waals surface area (Å²) in [7, 11) is 0. The van der Waals surface area contributed by atoms with Gasteiger partial charge < -0.3 is 5.73 Å². The lowest BCUT2D eigenvalue weighted by atomic mass is 9.90. The number of nitrogens with two attached hydrogens (primary N) is 1. The molecule has 86 valence electrons. The molecule has 1 atom stereocenters. The topological polar surface area (TPSA) is 29.3 Å². The third-order valence-corrected chi connectivity index (χ3v) is 3.67. The Morgan fingerprint density at radius 2 is 1.80 bits per heavy atom. The molecular formula is C13H24N2. The number of rotatable bonds is 3. The normalized spacial score (nSPS) is 21.7. The first-order chi connectivity index (χ1) is 7.09. The van der Waals surface area contributed by atoms with Gasteiger partial charge in [-0.05, 0) is 39.8 Å². The fourth-order valence-corrected chi connectivity index (χ4v) is 2.26. The fourth-order valence-electron chi connectivity index (χ4n) is 2.26. The number of nitrogens with zero attached hydrogens (tertiary/aromatic N) is 1. The summed E-state index contributed by atoms with van der Waals surface area (Å²) < 4.78 is 0. The van der Waals surface area contributed by atoms with E-state index in [0.717, 1.165) is 0 Å². The van der Waals surface area contributed by atoms with Crippen molar-refractivity contribution in [2.24, 2.45) is 5.73 Å². The molecular weight excluding hydrogens is 184 g/mol. The molecule has 0 aromatic carbocycles. The second kappa shape index (κ2) is 5.53. The highest BCUT2D eigenvalue weighted by molar-refractivity contribution is 4.99. The van der Waals surface area contributed by atoms with Crippen LogP contribution in [0.25, 0.3) is 0 Å². The molecule has 2 nitrogen and oxygen atoms in total. The highest BCUT2D eigenvalue weighted by Crippen LogP contribution is 2.23. The summed E-state index contributed by atoms with van der Waals surface area (Å²) in [4.78, 5) is 2.52. The monoisotopic (exact) mass is 208 g/mol. The predicted octanol–water partition coefficient (Wildman–Crippen LogP) is 1.99. The summed E-state index contributed by atoms with van der Waals surface area (Å²) in [6, 6.07) is 0.0839. The maximum Gasteiger partial charge on any atom is 0.0331 e. The molecule has 2 heteroatoms. The van der Waals surface area contributed by atoms with Crippen molar-refractivity contribution in [3.05, 3.63) is 0 Å². The largest absolute Gasteiger partial charge is 0.325 e. The Hall–Kier alpha value is -0.520. The quantitative estimate of drug-likeness (QED) is 0.719. The molecule has 0 aromatic rings. The van der Waals surface area contributed by atoms with Gasteiger partial charge in [-0.2, -0.15) is 0 Å². The number of hydrogen-bond acceptors (Lipinski definition) is 2. The molecule has 1 fully saturated rings. The maximum atomic E-state index is 6.16. The fraction of sp³-hybridized carbons (Fsp3) is 0.846. The summed E-state index contributed by atoms with van der Waals surface area (Å²) in [5.74, 6) is 2.68. The maximum absolute atomic E-state index is 6.16. The smallest absolute Gasteiger partial charge is 0.0331 e. The van der Waals surface area contributed by atoms with E-state index in [-0.39, 0.29) is 11.6 Å². The van der Waals surface area contributed by atoms with Crippen molar-refractivity contribution in [2.45, 2.75) is 57.5 Å². The van der Waals surface area contributed by atoms with Crippen molar-refractivity contribution in [2.75, 3.05) is 13.1 Å². The Morgan fingerprint density at radius 1 is 1.27 bits per heavy atom. The van der Waals surface area contributed by atoms with Crippen LogP contribution in [0.2, 0.25) is 0 Å². The molecule has 1 aliphatic rings. The van der Waals surface area contributed by atoms with Crippen LogP contribution in [0, 0.1) is 12.3 Å². The summed E-state index contributed by atoms with van der Waals surface area (Å²) in [5.41, 5.74) is 6.20. The summed E-state index contributed by atoms with van der Waals surface area (Å²) in [6.07, 6.45) is 11.3. The first-order valence-corrected chi connectivity index (χ1v) is 6.03. The van der Waals surface area contributed by atoms with Crippen molar-refractivity contribution < 1.29 is 0 Å². The minimum atomic E-state index is 0.0384. The number of likely N-dealkylation sites (tertiary alicyclic amines) is 1. The number of hydrogen-bond donors (Lipinski definition) is 1. The predicted molar refractivity (Wildman–Crippen MR) is 65.5 cm³/mol. The van der Waals surface area contributed by atoms with Crippen LogP contribution in [0.15, 0.2) is 0 Å². The molecule has 1 heterocycles. The minimum Gasteiger partial charge on any atom is -0.325 e. The van der Waals surface area contributed by atoms with Crippen LogP contribution in [-0.2, 0) is 0 Å². The molecule has 0 bridgehead atoms. The van der Waals surface area contributed by atoms with Gasteiger partial charge in [-0.1, -0.05) is 12.8 Å². The van der Waals surface area contributed by atoms with E-state index in [9.17, 15) is 0 Å². The zero-order valence-electron chi connectivity index (χ0n) is 10.1. The van der Waals surface area contributed by atoms with E-state index < -0.39 is 0 Å². The zero-order valence-corrected chi connectivity index (χ0v) is 10.1. The molecule has 0 spiro atoms. The lowest BCUT2D eigenvalue weighted by Gasteiger charge is -2.41. The molecule has 15 heavy (non-hydrogen) atoms. The van der Waals surface area contributed by atoms with Gasteiger partial charge in [0.1, 0.15) is 0 Å². The molecule has 1 saturated heterocycles. The van der Waals surface area contributed by atoms with Crippen LogP contribution in [0.5, 0.6) is 0 Å². The Bertz CT molecular complexity index is 219. The van der Waals surface area contributed by atoms with Gasteiger partial charge in [-0.15, -0.1) is 12.3 Å². The lowest BCUT2D eigenvalue weighted by Crippen LogP contribution is -2.56. The third kappa shape index (κ3) is 3.22. The standard InChI is InChI=1S/C13H24N2/c1-4-9-12(14)13(2,3)15-10-7-5-6-8-11-15/h1,12H,5-11,14H2,2-3H3. The SMILES string of the molecule is C#CCC(N)C(C)(C)N1CCCCCC1. The second-order valence-electron chi connectivity index (χ2n) is 5.07. The average Bonchev–Trinajstić information content (AvgIpc) is 2.46. The van der Waals surface area contributed by atoms with Crippen LogP contribution < -0.4 is 5.73 Å². The highest BCUT2D eigenvalue weighted by atomic mass is 15.2. The van der Waals surface area contributed by atoms with Crippen LogP contribution in [-0.4, -0.2) is 29.6 Å². The van der Waals surface area contributed by atoms with Crippen LogP contribution >= 0.6 is 0 Å². The van der Waals surface area contributed by atoms with Gasteiger partial charge >= 0.3 is 0 Å². The van der Waals surface area contributed by atoms with E-state index in [4.69, 9.17) is 12.2 Å². The molecule has 0 radical (unpaired) electrons. The van der Waals surface area contributed by atoms with Gasteiger partial charge in [0.25, 0.3) is 0 Å². The van der Waals surface area contributed by atoms with Gasteiger partial charge in [-0.3, -0.25) is 4.90 Å². The zero-order chi connectivity index (χ0) is 11.3. The van der Waals surface area contributed by atoms with Gasteiger partial charge in [0, 0.05) is 18.0 Å². The first kappa shape index (κ1) is 12.5. The molecule has 2 N–H and O–H groups in total. The average molecular weight is 208 g/mol. The minimum absolute atomic E-state index is 0.0384. The van der Waals surface area contributed by atoms with Crippen LogP contribution in [0.4, 0.5) is 0 Å².